The summed E-state index contributed by atoms with van der Waals surface area (Å²) in [6.07, 6.45) is -2.25. The Kier molecular flexibility index (Phi) is 6.44. The smallest absolute Gasteiger partial charge is 0.478 e. The minimum absolute atomic E-state index is 0.190. The van der Waals surface area contributed by atoms with Crippen LogP contribution in [0.2, 0.25) is 0 Å². The van der Waals surface area contributed by atoms with Crippen LogP contribution >= 0.6 is 11.3 Å². The van der Waals surface area contributed by atoms with Gasteiger partial charge in [0, 0.05) is 17.2 Å². The van der Waals surface area contributed by atoms with Crippen molar-refractivity contribution in [2.75, 3.05) is 12.9 Å². The maximum atomic E-state index is 13.7. The van der Waals surface area contributed by atoms with E-state index >= 15 is 0 Å². The summed E-state index contributed by atoms with van der Waals surface area (Å²) in [4.78, 5) is 1.59. The predicted octanol–water partition coefficient (Wildman–Crippen LogP) is 6.45. The first-order chi connectivity index (χ1) is 15.9. The lowest BCUT2D eigenvalue weighted by Gasteiger charge is -2.18. The molecule has 1 aliphatic rings. The summed E-state index contributed by atoms with van der Waals surface area (Å²) in [6, 6.07) is 16.7. The molecule has 0 aliphatic carbocycles. The van der Waals surface area contributed by atoms with Crippen LogP contribution in [0, 0.1) is 5.92 Å². The van der Waals surface area contributed by atoms with Gasteiger partial charge in [0.15, 0.2) is 9.84 Å². The molecule has 34 heavy (non-hydrogen) atoms. The third-order valence-electron chi connectivity index (χ3n) is 5.11. The molecule has 178 valence electrons. The number of sulfone groups is 1. The van der Waals surface area contributed by atoms with Crippen LogP contribution in [0.1, 0.15) is 18.7 Å². The largest absolute Gasteiger partial charge is 0.493 e. The molecule has 3 aromatic rings. The molecule has 0 fully saturated rings. The zero-order valence-corrected chi connectivity index (χ0v) is 20.4. The lowest BCUT2D eigenvalue weighted by atomic mass is 10.1. The van der Waals surface area contributed by atoms with Gasteiger partial charge in [-0.1, -0.05) is 32.0 Å². The van der Waals surface area contributed by atoms with Crippen molar-refractivity contribution in [3.63, 3.8) is 0 Å². The SMILES string of the molecule is CC(C)COc1cccc([N+]2=C(c3ccc(-c4cccc(S(C)(=O)=O)c4)s3)C=C2C(F)(F)F)c1. The van der Waals surface area contributed by atoms with Crippen LogP contribution in [0.25, 0.3) is 10.4 Å². The number of ether oxygens (including phenoxy) is 1. The molecule has 2 aromatic carbocycles. The van der Waals surface area contributed by atoms with Crippen LogP contribution in [0.3, 0.4) is 0 Å². The van der Waals surface area contributed by atoms with Crippen molar-refractivity contribution in [3.8, 4) is 16.2 Å². The number of benzene rings is 2. The van der Waals surface area contributed by atoms with Crippen LogP contribution in [0.5, 0.6) is 5.75 Å². The maximum Gasteiger partial charge on any atom is 0.478 e. The molecule has 0 unspecified atom stereocenters. The highest BCUT2D eigenvalue weighted by atomic mass is 32.2. The minimum Gasteiger partial charge on any atom is -0.493 e. The average Bonchev–Trinajstić information content (AvgIpc) is 3.20. The molecule has 0 atom stereocenters. The molecule has 0 spiro atoms. The van der Waals surface area contributed by atoms with Crippen LogP contribution in [0.4, 0.5) is 18.9 Å². The Morgan fingerprint density at radius 3 is 2.38 bits per heavy atom. The molecule has 0 radical (unpaired) electrons. The number of allylic oxidation sites excluding steroid dienone is 2. The fourth-order valence-corrected chi connectivity index (χ4v) is 5.15. The summed E-state index contributed by atoms with van der Waals surface area (Å²) in [7, 11) is -3.37. The van der Waals surface area contributed by atoms with E-state index in [9.17, 15) is 21.6 Å². The number of halogens is 3. The summed E-state index contributed by atoms with van der Waals surface area (Å²) >= 11 is 1.30. The first-order valence-corrected chi connectivity index (χ1v) is 13.2. The van der Waals surface area contributed by atoms with Crippen molar-refractivity contribution < 1.29 is 30.9 Å². The van der Waals surface area contributed by atoms with Gasteiger partial charge in [-0.2, -0.15) is 13.2 Å². The van der Waals surface area contributed by atoms with E-state index in [0.717, 1.165) is 17.2 Å². The van der Waals surface area contributed by atoms with Crippen molar-refractivity contribution in [1.29, 1.82) is 0 Å². The van der Waals surface area contributed by atoms with Crippen molar-refractivity contribution in [2.24, 2.45) is 5.92 Å². The van der Waals surface area contributed by atoms with Crippen LogP contribution in [-0.4, -0.2) is 37.7 Å². The van der Waals surface area contributed by atoms with E-state index in [1.54, 1.807) is 54.6 Å². The van der Waals surface area contributed by atoms with E-state index in [2.05, 4.69) is 0 Å². The quantitative estimate of drug-likeness (QED) is 0.346. The van der Waals surface area contributed by atoms with E-state index in [4.69, 9.17) is 4.74 Å². The molecule has 2 heterocycles. The Morgan fingerprint density at radius 2 is 1.71 bits per heavy atom. The molecule has 1 aromatic heterocycles. The molecule has 4 rings (SSSR count). The molecular weight excluding hydrogens is 483 g/mol. The molecule has 0 saturated heterocycles. The predicted molar refractivity (Wildman–Crippen MR) is 128 cm³/mol. The van der Waals surface area contributed by atoms with Crippen LogP contribution in [-0.2, 0) is 9.84 Å². The number of alkyl halides is 3. The Bertz CT molecular complexity index is 1400. The molecule has 9 heteroatoms. The molecule has 0 bridgehead atoms. The van der Waals surface area contributed by atoms with Crippen molar-refractivity contribution in [3.05, 3.63) is 77.3 Å². The van der Waals surface area contributed by atoms with Gasteiger partial charge in [-0.25, -0.2) is 8.42 Å². The van der Waals surface area contributed by atoms with Crippen LogP contribution in [0.15, 0.2) is 77.3 Å². The second-order valence-electron chi connectivity index (χ2n) is 8.41. The van der Waals surface area contributed by atoms with Gasteiger partial charge in [0.1, 0.15) is 5.75 Å². The summed E-state index contributed by atoms with van der Waals surface area (Å²) in [5.74, 6) is 0.787. The number of hydrogen-bond acceptors (Lipinski definition) is 4. The number of hydrogen-bond donors (Lipinski definition) is 0. The zero-order chi connectivity index (χ0) is 24.7. The Morgan fingerprint density at radius 1 is 1.00 bits per heavy atom. The summed E-state index contributed by atoms with van der Waals surface area (Å²) in [6.45, 7) is 4.45. The topological polar surface area (TPSA) is 46.4 Å². The number of rotatable bonds is 7. The highest BCUT2D eigenvalue weighted by Crippen LogP contribution is 2.40. The molecule has 4 nitrogen and oxygen atoms in total. The van der Waals surface area contributed by atoms with Gasteiger partial charge in [-0.3, -0.25) is 0 Å². The number of thiophene rings is 1. The fraction of sp³-hybridized carbons (Fsp3) is 0.240. The monoisotopic (exact) mass is 506 g/mol. The van der Waals surface area contributed by atoms with E-state index in [1.807, 2.05) is 13.8 Å². The summed E-state index contributed by atoms with van der Waals surface area (Å²) in [5, 5.41) is 0. The van der Waals surface area contributed by atoms with Gasteiger partial charge in [0.25, 0.3) is 5.70 Å². The normalized spacial score (nSPS) is 14.3. The minimum atomic E-state index is -4.51. The summed E-state index contributed by atoms with van der Waals surface area (Å²) in [5.41, 5.74) is 0.719. The fourth-order valence-electron chi connectivity index (χ4n) is 3.48. The third-order valence-corrected chi connectivity index (χ3v) is 7.38. The van der Waals surface area contributed by atoms with E-state index in [1.165, 1.54) is 22.0 Å². The molecular formula is C25H23F3NO3S2+. The second-order valence-corrected chi connectivity index (χ2v) is 11.5. The van der Waals surface area contributed by atoms with E-state index < -0.39 is 21.7 Å². The van der Waals surface area contributed by atoms with Crippen LogP contribution < -0.4 is 4.74 Å². The lowest BCUT2D eigenvalue weighted by Crippen LogP contribution is -2.33. The molecule has 1 aliphatic heterocycles. The van der Waals surface area contributed by atoms with Gasteiger partial charge >= 0.3 is 6.18 Å². The van der Waals surface area contributed by atoms with Crippen molar-refractivity contribution >= 4 is 32.6 Å². The van der Waals surface area contributed by atoms with Gasteiger partial charge in [-0.15, -0.1) is 15.9 Å². The lowest BCUT2D eigenvalue weighted by molar-refractivity contribution is -0.434. The van der Waals surface area contributed by atoms with Crippen molar-refractivity contribution in [2.45, 2.75) is 24.9 Å². The van der Waals surface area contributed by atoms with Crippen molar-refractivity contribution in [1.82, 2.24) is 0 Å². The molecule has 0 amide bonds. The number of nitrogens with zero attached hydrogens (tertiary/aromatic N) is 1. The van der Waals surface area contributed by atoms with Gasteiger partial charge < -0.3 is 4.74 Å². The van der Waals surface area contributed by atoms with E-state index in [0.29, 0.717) is 34.2 Å². The molecule has 0 saturated carbocycles. The summed E-state index contributed by atoms with van der Waals surface area (Å²) < 4.78 is 71.8. The highest BCUT2D eigenvalue weighted by molar-refractivity contribution is 7.90. The van der Waals surface area contributed by atoms with Gasteiger partial charge in [-0.05, 0) is 41.8 Å². The second kappa shape index (κ2) is 9.03. The first kappa shape index (κ1) is 24.2. The Balaban J connectivity index is 1.73. The Hall–Kier alpha value is -2.91. The standard InChI is InChI=1S/C25H23F3NO3S2/c1-16(2)15-32-19-8-5-7-18(13-19)29-21(14-24(29)25(26,27)28)23-11-10-22(33-23)17-6-4-9-20(12-17)34(3,30)31/h4-14,16H,15H2,1-3H3/q+1. The first-order valence-electron chi connectivity index (χ1n) is 10.5. The zero-order valence-electron chi connectivity index (χ0n) is 18.8. The average molecular weight is 507 g/mol. The van der Waals surface area contributed by atoms with E-state index in [-0.39, 0.29) is 10.8 Å². The Labute approximate surface area is 200 Å². The maximum absolute atomic E-state index is 13.7. The van der Waals surface area contributed by atoms with Gasteiger partial charge in [0.05, 0.1) is 28.5 Å². The molecule has 0 N–H and O–H groups in total. The van der Waals surface area contributed by atoms with Gasteiger partial charge in [0.2, 0.25) is 11.4 Å². The highest BCUT2D eigenvalue weighted by Gasteiger charge is 2.51. The third kappa shape index (κ3) is 5.10.